The Kier molecular flexibility index (Phi) is 3.64. The molecule has 21 heavy (non-hydrogen) atoms. The van der Waals surface area contributed by atoms with E-state index < -0.39 is 10.0 Å². The van der Waals surface area contributed by atoms with Gasteiger partial charge in [0.2, 0.25) is 0 Å². The summed E-state index contributed by atoms with van der Waals surface area (Å²) in [5.41, 5.74) is 0.434. The number of fused-ring (bicyclic) bond motifs is 1. The summed E-state index contributed by atoms with van der Waals surface area (Å²) >= 11 is 4.37. The summed E-state index contributed by atoms with van der Waals surface area (Å²) in [5.74, 6) is 0.117. The standard InChI is InChI=1S/C14H10BrNO3S2/c15-11-7-8-20-14(11)21(18,19)16-12-5-1-4-10-9(12)3-2-6-13(10)17/h1-8,16-17H. The molecule has 108 valence electrons. The lowest BCUT2D eigenvalue weighted by atomic mass is 10.1. The quantitative estimate of drug-likeness (QED) is 0.712. The van der Waals surface area contributed by atoms with Crippen molar-refractivity contribution in [1.82, 2.24) is 0 Å². The van der Waals surface area contributed by atoms with E-state index in [9.17, 15) is 13.5 Å². The summed E-state index contributed by atoms with van der Waals surface area (Å²) in [7, 11) is -3.66. The Labute approximate surface area is 134 Å². The highest BCUT2D eigenvalue weighted by Gasteiger charge is 2.20. The molecule has 3 aromatic rings. The van der Waals surface area contributed by atoms with E-state index in [1.54, 1.807) is 47.8 Å². The molecule has 0 saturated carbocycles. The van der Waals surface area contributed by atoms with Gasteiger partial charge < -0.3 is 5.11 Å². The lowest BCUT2D eigenvalue weighted by Crippen LogP contribution is -2.12. The van der Waals surface area contributed by atoms with Crippen LogP contribution in [-0.2, 0) is 10.0 Å². The number of rotatable bonds is 3. The van der Waals surface area contributed by atoms with E-state index in [1.165, 1.54) is 0 Å². The van der Waals surface area contributed by atoms with E-state index in [1.807, 2.05) is 0 Å². The third kappa shape index (κ3) is 2.64. The number of sulfonamides is 1. The third-order valence-electron chi connectivity index (χ3n) is 2.97. The van der Waals surface area contributed by atoms with Gasteiger partial charge in [-0.3, -0.25) is 4.72 Å². The van der Waals surface area contributed by atoms with Crippen LogP contribution in [0.2, 0.25) is 0 Å². The number of hydrogen-bond acceptors (Lipinski definition) is 4. The van der Waals surface area contributed by atoms with Crippen LogP contribution >= 0.6 is 27.3 Å². The molecule has 7 heteroatoms. The van der Waals surface area contributed by atoms with E-state index >= 15 is 0 Å². The van der Waals surface area contributed by atoms with Crippen LogP contribution in [-0.4, -0.2) is 13.5 Å². The molecule has 0 unspecified atom stereocenters. The molecule has 1 aromatic heterocycles. The van der Waals surface area contributed by atoms with Gasteiger partial charge in [0.05, 0.1) is 5.69 Å². The van der Waals surface area contributed by atoms with E-state index in [-0.39, 0.29) is 9.96 Å². The van der Waals surface area contributed by atoms with Crippen molar-refractivity contribution in [3.63, 3.8) is 0 Å². The highest BCUT2D eigenvalue weighted by atomic mass is 79.9. The highest BCUT2D eigenvalue weighted by molar-refractivity contribution is 9.10. The summed E-state index contributed by atoms with van der Waals surface area (Å²) in [5, 5.41) is 12.8. The van der Waals surface area contributed by atoms with Gasteiger partial charge in [0.25, 0.3) is 10.0 Å². The van der Waals surface area contributed by atoms with Gasteiger partial charge in [-0.25, -0.2) is 8.42 Å². The summed E-state index contributed by atoms with van der Waals surface area (Å²) in [6.45, 7) is 0. The predicted octanol–water partition coefficient (Wildman–Crippen LogP) is 4.17. The fourth-order valence-corrected chi connectivity index (χ4v) is 5.46. The Hall–Kier alpha value is -1.57. The fraction of sp³-hybridized carbons (Fsp3) is 0. The van der Waals surface area contributed by atoms with E-state index in [0.29, 0.717) is 20.9 Å². The molecule has 3 rings (SSSR count). The number of thiophene rings is 1. The van der Waals surface area contributed by atoms with Crippen LogP contribution in [0.4, 0.5) is 5.69 Å². The van der Waals surface area contributed by atoms with Crippen LogP contribution in [0.5, 0.6) is 5.75 Å². The zero-order valence-corrected chi connectivity index (χ0v) is 13.8. The topological polar surface area (TPSA) is 66.4 Å². The van der Waals surface area contributed by atoms with Crippen LogP contribution < -0.4 is 4.72 Å². The van der Waals surface area contributed by atoms with Crippen LogP contribution in [0.25, 0.3) is 10.8 Å². The zero-order chi connectivity index (χ0) is 15.0. The molecule has 1 heterocycles. The minimum atomic E-state index is -3.66. The molecule has 0 fully saturated rings. The van der Waals surface area contributed by atoms with Crippen LogP contribution in [0.3, 0.4) is 0 Å². The van der Waals surface area contributed by atoms with Crippen LogP contribution in [0, 0.1) is 0 Å². The van der Waals surface area contributed by atoms with Crippen molar-refractivity contribution in [1.29, 1.82) is 0 Å². The largest absolute Gasteiger partial charge is 0.507 e. The highest BCUT2D eigenvalue weighted by Crippen LogP contribution is 2.33. The summed E-state index contributed by atoms with van der Waals surface area (Å²) in [4.78, 5) is 0. The molecule has 0 radical (unpaired) electrons. The number of nitrogens with one attached hydrogen (secondary N) is 1. The maximum atomic E-state index is 12.4. The maximum absolute atomic E-state index is 12.4. The molecule has 4 nitrogen and oxygen atoms in total. The molecule has 0 aliphatic carbocycles. The maximum Gasteiger partial charge on any atom is 0.272 e. The van der Waals surface area contributed by atoms with Crippen molar-refractivity contribution >= 4 is 53.7 Å². The van der Waals surface area contributed by atoms with Gasteiger partial charge in [0.15, 0.2) is 4.21 Å². The molecule has 0 aliphatic heterocycles. The molecule has 0 amide bonds. The average molecular weight is 384 g/mol. The number of benzene rings is 2. The first-order valence-electron chi connectivity index (χ1n) is 5.95. The average Bonchev–Trinajstić information content (AvgIpc) is 2.87. The molecule has 0 saturated heterocycles. The van der Waals surface area contributed by atoms with Gasteiger partial charge in [0, 0.05) is 15.2 Å². The molecule has 0 bridgehead atoms. The first-order chi connectivity index (χ1) is 9.99. The van der Waals surface area contributed by atoms with E-state index in [4.69, 9.17) is 0 Å². The summed E-state index contributed by atoms with van der Waals surface area (Å²) < 4.78 is 28.2. The Bertz CT molecular complexity index is 919. The second-order valence-corrected chi connectivity index (χ2v) is 7.99. The van der Waals surface area contributed by atoms with Crippen LogP contribution in [0.15, 0.2) is 56.5 Å². The van der Waals surface area contributed by atoms with Crippen molar-refractivity contribution in [3.05, 3.63) is 52.3 Å². The Balaban J connectivity index is 2.11. The SMILES string of the molecule is O=S(=O)(Nc1cccc2c(O)cccc12)c1sccc1Br. The molecular formula is C14H10BrNO3S2. The molecule has 0 atom stereocenters. The zero-order valence-electron chi connectivity index (χ0n) is 10.6. The molecule has 2 N–H and O–H groups in total. The lowest BCUT2D eigenvalue weighted by Gasteiger charge is -2.10. The number of aromatic hydroxyl groups is 1. The number of phenols is 1. The third-order valence-corrected chi connectivity index (χ3v) is 7.01. The Morgan fingerprint density at radius 1 is 1.05 bits per heavy atom. The summed E-state index contributed by atoms with van der Waals surface area (Å²) in [6, 6.07) is 11.8. The fourth-order valence-electron chi connectivity index (χ4n) is 2.05. The lowest BCUT2D eigenvalue weighted by molar-refractivity contribution is 0.481. The number of anilines is 1. The van der Waals surface area contributed by atoms with Gasteiger partial charge in [-0.15, -0.1) is 11.3 Å². The second kappa shape index (κ2) is 5.32. The monoisotopic (exact) mass is 383 g/mol. The van der Waals surface area contributed by atoms with E-state index in [2.05, 4.69) is 20.7 Å². The molecule has 0 spiro atoms. The van der Waals surface area contributed by atoms with Gasteiger partial charge >= 0.3 is 0 Å². The number of hydrogen-bond donors (Lipinski definition) is 2. The van der Waals surface area contributed by atoms with E-state index in [0.717, 1.165) is 11.3 Å². The van der Waals surface area contributed by atoms with Crippen molar-refractivity contribution in [2.75, 3.05) is 4.72 Å². The van der Waals surface area contributed by atoms with Gasteiger partial charge in [-0.1, -0.05) is 24.3 Å². The van der Waals surface area contributed by atoms with Crippen molar-refractivity contribution in [2.45, 2.75) is 4.21 Å². The first-order valence-corrected chi connectivity index (χ1v) is 9.11. The van der Waals surface area contributed by atoms with Crippen molar-refractivity contribution < 1.29 is 13.5 Å². The van der Waals surface area contributed by atoms with Crippen LogP contribution in [0.1, 0.15) is 0 Å². The van der Waals surface area contributed by atoms with Gasteiger partial charge in [-0.05, 0) is 39.5 Å². The Morgan fingerprint density at radius 2 is 1.76 bits per heavy atom. The predicted molar refractivity (Wildman–Crippen MR) is 88.4 cm³/mol. The van der Waals surface area contributed by atoms with Gasteiger partial charge in [0.1, 0.15) is 5.75 Å². The molecule has 0 aliphatic rings. The Morgan fingerprint density at radius 3 is 2.48 bits per heavy atom. The number of halogens is 1. The second-order valence-electron chi connectivity index (χ2n) is 4.34. The normalized spacial score (nSPS) is 11.7. The van der Waals surface area contributed by atoms with Gasteiger partial charge in [-0.2, -0.15) is 0 Å². The molecular weight excluding hydrogens is 374 g/mol. The minimum Gasteiger partial charge on any atom is -0.507 e. The molecule has 2 aromatic carbocycles. The summed E-state index contributed by atoms with van der Waals surface area (Å²) in [6.07, 6.45) is 0. The van der Waals surface area contributed by atoms with Crippen molar-refractivity contribution in [3.8, 4) is 5.75 Å². The van der Waals surface area contributed by atoms with Crippen molar-refractivity contribution in [2.24, 2.45) is 0 Å². The first kappa shape index (κ1) is 14.4. The number of phenolic OH excluding ortho intramolecular Hbond substituents is 1. The smallest absolute Gasteiger partial charge is 0.272 e. The minimum absolute atomic E-state index is 0.117.